The number of phenols is 1. The van der Waals surface area contributed by atoms with Gasteiger partial charge in [-0.2, -0.15) is 0 Å². The number of para-hydroxylation sites is 1. The molecule has 0 heterocycles. The van der Waals surface area contributed by atoms with Crippen LogP contribution in [0.25, 0.3) is 0 Å². The van der Waals surface area contributed by atoms with Crippen LogP contribution in [0.1, 0.15) is 69.3 Å². The van der Waals surface area contributed by atoms with E-state index >= 15 is 0 Å². The van der Waals surface area contributed by atoms with E-state index in [1.54, 1.807) is 45.0 Å². The van der Waals surface area contributed by atoms with Gasteiger partial charge in [0.05, 0.1) is 10.7 Å². The van der Waals surface area contributed by atoms with Gasteiger partial charge in [0.25, 0.3) is 5.91 Å². The lowest BCUT2D eigenvalue weighted by atomic mass is 9.97. The predicted octanol–water partition coefficient (Wildman–Crippen LogP) is 7.11. The number of nitrogens with one attached hydrogen (secondary N) is 2. The first kappa shape index (κ1) is 33.5. The predicted molar refractivity (Wildman–Crippen MR) is 170 cm³/mol. The maximum atomic E-state index is 14.6. The molecule has 3 amide bonds. The Balaban J connectivity index is 2.11. The van der Waals surface area contributed by atoms with Gasteiger partial charge in [-0.1, -0.05) is 72.6 Å². The molecule has 9 heteroatoms. The first-order chi connectivity index (χ1) is 20.2. The van der Waals surface area contributed by atoms with Crippen LogP contribution in [-0.4, -0.2) is 45.6 Å². The minimum absolute atomic E-state index is 0.0823. The van der Waals surface area contributed by atoms with Gasteiger partial charge in [0, 0.05) is 12.5 Å². The van der Waals surface area contributed by atoms with Crippen molar-refractivity contribution in [3.63, 3.8) is 0 Å². The van der Waals surface area contributed by atoms with Crippen LogP contribution in [0.2, 0.25) is 5.02 Å². The Morgan fingerprint density at radius 2 is 1.60 bits per heavy atom. The lowest BCUT2D eigenvalue weighted by molar-refractivity contribution is -0.143. The van der Waals surface area contributed by atoms with Crippen LogP contribution in [0.5, 0.6) is 5.75 Å². The number of aryl methyl sites for hydroxylation is 2. The summed E-state index contributed by atoms with van der Waals surface area (Å²) in [5, 5.41) is 15.9. The molecule has 0 fully saturated rings. The summed E-state index contributed by atoms with van der Waals surface area (Å²) in [6.07, 6.45) is -0.0982. The van der Waals surface area contributed by atoms with Crippen LogP contribution in [0.3, 0.4) is 0 Å². The fraction of sp³-hybridized carbons (Fsp3) is 0.382. The molecule has 0 bridgehead atoms. The summed E-state index contributed by atoms with van der Waals surface area (Å²) < 4.78 is 5.50. The third-order valence-electron chi connectivity index (χ3n) is 7.08. The standard InChI is InChI=1S/C34H42ClN3O5/c1-8-23(4)38(32(41)28(36-33(42)43-34(5,6)7)20-24-14-18-26(39)19-15-24)30(25-16-12-21(2)13-17-25)31(40)37-29-22(3)10-9-11-27(29)35/h9-19,23,28,30,39H,8,20H2,1-7H3,(H,36,42)(H,37,40). The first-order valence-electron chi connectivity index (χ1n) is 14.4. The number of rotatable bonds is 10. The molecule has 0 spiro atoms. The summed E-state index contributed by atoms with van der Waals surface area (Å²) in [4.78, 5) is 43.3. The van der Waals surface area contributed by atoms with Crippen LogP contribution in [0.15, 0.2) is 66.7 Å². The number of nitrogens with zero attached hydrogens (tertiary/aromatic N) is 1. The fourth-order valence-corrected chi connectivity index (χ4v) is 4.93. The molecule has 0 aromatic heterocycles. The van der Waals surface area contributed by atoms with E-state index in [1.807, 2.05) is 58.0 Å². The van der Waals surface area contributed by atoms with Gasteiger partial charge in [0.1, 0.15) is 23.4 Å². The molecule has 8 nitrogen and oxygen atoms in total. The third-order valence-corrected chi connectivity index (χ3v) is 7.39. The normalized spacial score (nSPS) is 13.4. The minimum Gasteiger partial charge on any atom is -0.508 e. The monoisotopic (exact) mass is 607 g/mol. The Kier molecular flexibility index (Phi) is 11.2. The number of hydrogen-bond acceptors (Lipinski definition) is 5. The Hall–Kier alpha value is -4.04. The van der Waals surface area contributed by atoms with Crippen LogP contribution in [0, 0.1) is 13.8 Å². The number of ether oxygens (including phenoxy) is 1. The molecular weight excluding hydrogens is 566 g/mol. The van der Waals surface area contributed by atoms with Crippen LogP contribution in [0.4, 0.5) is 10.5 Å². The van der Waals surface area contributed by atoms with Crippen molar-refractivity contribution in [2.75, 3.05) is 5.32 Å². The van der Waals surface area contributed by atoms with E-state index in [0.717, 1.165) is 11.1 Å². The molecule has 230 valence electrons. The summed E-state index contributed by atoms with van der Waals surface area (Å²) in [5.41, 5.74) is 2.78. The van der Waals surface area contributed by atoms with Crippen molar-refractivity contribution in [3.8, 4) is 5.75 Å². The van der Waals surface area contributed by atoms with Gasteiger partial charge in [-0.3, -0.25) is 9.59 Å². The largest absolute Gasteiger partial charge is 0.508 e. The highest BCUT2D eigenvalue weighted by atomic mass is 35.5. The summed E-state index contributed by atoms with van der Waals surface area (Å²) in [7, 11) is 0. The number of carbonyl (C=O) groups is 3. The molecule has 0 saturated carbocycles. The van der Waals surface area contributed by atoms with Gasteiger partial charge in [0.15, 0.2) is 0 Å². The number of amides is 3. The number of anilines is 1. The lowest BCUT2D eigenvalue weighted by Gasteiger charge is -2.38. The molecule has 43 heavy (non-hydrogen) atoms. The van der Waals surface area contributed by atoms with Crippen molar-refractivity contribution in [2.45, 2.75) is 85.0 Å². The molecular formula is C34H42ClN3O5. The topological polar surface area (TPSA) is 108 Å². The zero-order valence-corrected chi connectivity index (χ0v) is 26.7. The fourth-order valence-electron chi connectivity index (χ4n) is 4.66. The number of benzene rings is 3. The maximum Gasteiger partial charge on any atom is 0.408 e. The second-order valence-electron chi connectivity index (χ2n) is 11.8. The lowest BCUT2D eigenvalue weighted by Crippen LogP contribution is -2.55. The summed E-state index contributed by atoms with van der Waals surface area (Å²) in [5.74, 6) is -0.807. The molecule has 3 aromatic carbocycles. The van der Waals surface area contributed by atoms with E-state index in [2.05, 4.69) is 10.6 Å². The van der Waals surface area contributed by atoms with Crippen LogP contribution in [-0.2, 0) is 20.7 Å². The van der Waals surface area contributed by atoms with Crippen molar-refractivity contribution in [1.29, 1.82) is 0 Å². The number of alkyl carbamates (subject to hydrolysis) is 1. The van der Waals surface area contributed by atoms with Crippen molar-refractivity contribution in [2.24, 2.45) is 0 Å². The Morgan fingerprint density at radius 3 is 2.16 bits per heavy atom. The van der Waals surface area contributed by atoms with E-state index < -0.39 is 35.6 Å². The Bertz CT molecular complexity index is 1400. The molecule has 0 saturated heterocycles. The van der Waals surface area contributed by atoms with Gasteiger partial charge in [-0.15, -0.1) is 0 Å². The van der Waals surface area contributed by atoms with Crippen LogP contribution >= 0.6 is 11.6 Å². The van der Waals surface area contributed by atoms with E-state index in [0.29, 0.717) is 28.3 Å². The minimum atomic E-state index is -1.07. The van der Waals surface area contributed by atoms with Gasteiger partial charge >= 0.3 is 6.09 Å². The van der Waals surface area contributed by atoms with Gasteiger partial charge in [-0.25, -0.2) is 4.79 Å². The van der Waals surface area contributed by atoms with Gasteiger partial charge in [0.2, 0.25) is 5.91 Å². The molecule has 0 aliphatic rings. The zero-order valence-electron chi connectivity index (χ0n) is 25.9. The molecule has 0 aliphatic carbocycles. The number of halogens is 1. The number of carbonyl (C=O) groups excluding carboxylic acids is 3. The highest BCUT2D eigenvalue weighted by molar-refractivity contribution is 6.34. The van der Waals surface area contributed by atoms with Crippen molar-refractivity contribution >= 4 is 35.2 Å². The van der Waals surface area contributed by atoms with Crippen molar-refractivity contribution in [1.82, 2.24) is 10.2 Å². The smallest absolute Gasteiger partial charge is 0.408 e. The molecule has 0 aliphatic heterocycles. The molecule has 3 atom stereocenters. The SMILES string of the molecule is CCC(C)N(C(=O)C(Cc1ccc(O)cc1)NC(=O)OC(C)(C)C)C(C(=O)Nc1c(C)cccc1Cl)c1ccc(C)cc1. The van der Waals surface area contributed by atoms with E-state index in [-0.39, 0.29) is 18.2 Å². The Labute approximate surface area is 259 Å². The number of phenolic OH excluding ortho intramolecular Hbond substituents is 1. The van der Waals surface area contributed by atoms with Crippen molar-refractivity contribution < 1.29 is 24.2 Å². The average molecular weight is 608 g/mol. The Morgan fingerprint density at radius 1 is 0.977 bits per heavy atom. The highest BCUT2D eigenvalue weighted by Gasteiger charge is 2.39. The zero-order chi connectivity index (χ0) is 31.9. The van der Waals surface area contributed by atoms with E-state index in [9.17, 15) is 19.5 Å². The maximum absolute atomic E-state index is 14.6. The molecule has 3 unspecified atom stereocenters. The second-order valence-corrected chi connectivity index (χ2v) is 12.2. The molecule has 3 rings (SSSR count). The van der Waals surface area contributed by atoms with Gasteiger partial charge in [-0.05, 0) is 82.9 Å². The quantitative estimate of drug-likeness (QED) is 0.228. The average Bonchev–Trinajstić information content (AvgIpc) is 2.93. The van der Waals surface area contributed by atoms with E-state index in [1.165, 1.54) is 17.0 Å². The molecule has 3 N–H and O–H groups in total. The number of aromatic hydroxyl groups is 1. The summed E-state index contributed by atoms with van der Waals surface area (Å²) in [6, 6.07) is 16.7. The summed E-state index contributed by atoms with van der Waals surface area (Å²) in [6.45, 7) is 12.8. The van der Waals surface area contributed by atoms with E-state index in [4.69, 9.17) is 16.3 Å². The number of hydrogen-bond donors (Lipinski definition) is 3. The summed E-state index contributed by atoms with van der Waals surface area (Å²) >= 11 is 6.46. The van der Waals surface area contributed by atoms with Crippen molar-refractivity contribution in [3.05, 3.63) is 94.0 Å². The second kappa shape index (κ2) is 14.4. The third kappa shape index (κ3) is 9.22. The van der Waals surface area contributed by atoms with Gasteiger partial charge < -0.3 is 25.4 Å². The van der Waals surface area contributed by atoms with Crippen LogP contribution < -0.4 is 10.6 Å². The molecule has 3 aromatic rings. The molecule has 0 radical (unpaired) electrons. The highest BCUT2D eigenvalue weighted by Crippen LogP contribution is 2.31. The first-order valence-corrected chi connectivity index (χ1v) is 14.8.